The van der Waals surface area contributed by atoms with Gasteiger partial charge >= 0.3 is 0 Å². The summed E-state index contributed by atoms with van der Waals surface area (Å²) in [6.07, 6.45) is 0.320. The third-order valence-corrected chi connectivity index (χ3v) is 3.16. The van der Waals surface area contributed by atoms with Crippen LogP contribution in [0.15, 0.2) is 18.2 Å². The van der Waals surface area contributed by atoms with Crippen LogP contribution in [0.4, 0.5) is 4.39 Å². The van der Waals surface area contributed by atoms with E-state index in [-0.39, 0.29) is 6.54 Å². The molecule has 0 aliphatic carbocycles. The molecular formula is C12H14FNO4. The Balaban J connectivity index is 2.40. The van der Waals surface area contributed by atoms with Gasteiger partial charge in [-0.1, -0.05) is 0 Å². The van der Waals surface area contributed by atoms with Crippen LogP contribution in [0.2, 0.25) is 0 Å². The number of nitro groups is 1. The standard InChI is InChI=1S/C12H14FNO4/c1-12(17-2)6-8(7-14(15)16)10-5-9(13)3-4-11(10)18-12/h3-5,8H,6-7H2,1-2H3/t8-,12+/m1/s1. The number of ether oxygens (including phenoxy) is 2. The highest BCUT2D eigenvalue weighted by molar-refractivity contribution is 5.39. The molecule has 18 heavy (non-hydrogen) atoms. The molecular weight excluding hydrogens is 241 g/mol. The van der Waals surface area contributed by atoms with Crippen LogP contribution >= 0.6 is 0 Å². The molecule has 5 nitrogen and oxygen atoms in total. The SMILES string of the molecule is CO[C@]1(C)C[C@H](C[N+](=O)[O-])c2cc(F)ccc2O1. The third kappa shape index (κ3) is 2.43. The quantitative estimate of drug-likeness (QED) is 0.614. The fourth-order valence-corrected chi connectivity index (χ4v) is 2.23. The van der Waals surface area contributed by atoms with Crippen molar-refractivity contribution in [1.29, 1.82) is 0 Å². The maximum Gasteiger partial charge on any atom is 0.211 e. The predicted octanol–water partition coefficient (Wildman–Crippen LogP) is 2.33. The van der Waals surface area contributed by atoms with E-state index in [1.54, 1.807) is 6.92 Å². The first-order valence-corrected chi connectivity index (χ1v) is 5.59. The minimum atomic E-state index is -0.911. The predicted molar refractivity (Wildman–Crippen MR) is 61.7 cm³/mol. The number of nitrogens with zero attached hydrogens (tertiary/aromatic N) is 1. The Morgan fingerprint density at radius 3 is 3.00 bits per heavy atom. The number of benzene rings is 1. The lowest BCUT2D eigenvalue weighted by molar-refractivity contribution is -0.485. The second-order valence-corrected chi connectivity index (χ2v) is 4.54. The van der Waals surface area contributed by atoms with Crippen molar-refractivity contribution < 1.29 is 18.8 Å². The maximum absolute atomic E-state index is 13.2. The van der Waals surface area contributed by atoms with Crippen molar-refractivity contribution in [1.82, 2.24) is 0 Å². The average Bonchev–Trinajstić information content (AvgIpc) is 2.29. The first-order valence-electron chi connectivity index (χ1n) is 5.59. The van der Waals surface area contributed by atoms with Crippen LogP contribution in [0.3, 0.4) is 0 Å². The third-order valence-electron chi connectivity index (χ3n) is 3.16. The molecule has 0 saturated carbocycles. The van der Waals surface area contributed by atoms with Gasteiger partial charge in [0.1, 0.15) is 11.6 Å². The monoisotopic (exact) mass is 255 g/mol. The van der Waals surface area contributed by atoms with E-state index in [1.807, 2.05) is 0 Å². The molecule has 2 rings (SSSR count). The van der Waals surface area contributed by atoms with E-state index >= 15 is 0 Å². The molecule has 1 aliphatic heterocycles. The number of hydrogen-bond acceptors (Lipinski definition) is 4. The lowest BCUT2D eigenvalue weighted by atomic mass is 9.88. The van der Waals surface area contributed by atoms with Gasteiger partial charge in [0.2, 0.25) is 12.3 Å². The Morgan fingerprint density at radius 1 is 1.67 bits per heavy atom. The Bertz CT molecular complexity index is 479. The Labute approximate surface area is 104 Å². The van der Waals surface area contributed by atoms with Gasteiger partial charge in [-0.3, -0.25) is 10.1 Å². The summed E-state index contributed by atoms with van der Waals surface area (Å²) in [7, 11) is 1.48. The molecule has 0 fully saturated rings. The molecule has 0 amide bonds. The first-order chi connectivity index (χ1) is 8.43. The summed E-state index contributed by atoms with van der Waals surface area (Å²) in [5.74, 6) is -1.30. The van der Waals surface area contributed by atoms with Gasteiger partial charge < -0.3 is 9.47 Å². The smallest absolute Gasteiger partial charge is 0.211 e. The zero-order valence-electron chi connectivity index (χ0n) is 10.2. The molecule has 0 aromatic heterocycles. The van der Waals surface area contributed by atoms with E-state index in [4.69, 9.17) is 9.47 Å². The molecule has 1 aromatic rings. The summed E-state index contributed by atoms with van der Waals surface area (Å²) in [4.78, 5) is 10.3. The van der Waals surface area contributed by atoms with Crippen LogP contribution < -0.4 is 4.74 Å². The number of halogens is 1. The summed E-state index contributed by atoms with van der Waals surface area (Å²) < 4.78 is 24.1. The zero-order valence-corrected chi connectivity index (χ0v) is 10.2. The highest BCUT2D eigenvalue weighted by Gasteiger charge is 2.39. The molecule has 0 unspecified atom stereocenters. The summed E-state index contributed by atoms with van der Waals surface area (Å²) in [5, 5.41) is 10.7. The van der Waals surface area contributed by atoms with E-state index in [2.05, 4.69) is 0 Å². The van der Waals surface area contributed by atoms with Crippen molar-refractivity contribution in [3.8, 4) is 5.75 Å². The topological polar surface area (TPSA) is 61.6 Å². The summed E-state index contributed by atoms with van der Waals surface area (Å²) >= 11 is 0. The lowest BCUT2D eigenvalue weighted by Gasteiger charge is -2.37. The van der Waals surface area contributed by atoms with Gasteiger partial charge in [0.15, 0.2) is 0 Å². The molecule has 2 atom stereocenters. The van der Waals surface area contributed by atoms with E-state index < -0.39 is 22.4 Å². The van der Waals surface area contributed by atoms with Gasteiger partial charge in [-0.2, -0.15) is 0 Å². The van der Waals surface area contributed by atoms with E-state index in [0.717, 1.165) is 0 Å². The average molecular weight is 255 g/mol. The molecule has 0 spiro atoms. The normalized spacial score (nSPS) is 26.3. The highest BCUT2D eigenvalue weighted by Crippen LogP contribution is 2.41. The molecule has 0 saturated heterocycles. The second-order valence-electron chi connectivity index (χ2n) is 4.54. The van der Waals surface area contributed by atoms with Gasteiger partial charge in [-0.25, -0.2) is 4.39 Å². The van der Waals surface area contributed by atoms with Crippen molar-refractivity contribution in [3.05, 3.63) is 39.7 Å². The van der Waals surface area contributed by atoms with Gasteiger partial charge in [-0.05, 0) is 18.2 Å². The van der Waals surface area contributed by atoms with Crippen molar-refractivity contribution >= 4 is 0 Å². The van der Waals surface area contributed by atoms with Crippen molar-refractivity contribution in [2.75, 3.05) is 13.7 Å². The molecule has 1 aliphatic rings. The van der Waals surface area contributed by atoms with Crippen LogP contribution in [0.5, 0.6) is 5.75 Å². The van der Waals surface area contributed by atoms with Crippen LogP contribution in [0.25, 0.3) is 0 Å². The minimum absolute atomic E-state index is 0.265. The molecule has 0 radical (unpaired) electrons. The van der Waals surface area contributed by atoms with Crippen LogP contribution in [-0.2, 0) is 4.74 Å². The van der Waals surface area contributed by atoms with Crippen LogP contribution in [0.1, 0.15) is 24.8 Å². The number of methoxy groups -OCH3 is 1. The first kappa shape index (κ1) is 12.8. The van der Waals surface area contributed by atoms with Crippen molar-refractivity contribution in [2.45, 2.75) is 25.0 Å². The molecule has 1 aromatic carbocycles. The number of rotatable bonds is 3. The Kier molecular flexibility index (Phi) is 3.21. The van der Waals surface area contributed by atoms with Crippen LogP contribution in [0, 0.1) is 15.9 Å². The molecule has 6 heteroatoms. The second kappa shape index (κ2) is 4.53. The van der Waals surface area contributed by atoms with Crippen LogP contribution in [-0.4, -0.2) is 24.4 Å². The Morgan fingerprint density at radius 2 is 2.39 bits per heavy atom. The molecule has 0 N–H and O–H groups in total. The van der Waals surface area contributed by atoms with Gasteiger partial charge in [0.25, 0.3) is 0 Å². The summed E-state index contributed by atoms with van der Waals surface area (Å²) in [5.41, 5.74) is 0.529. The molecule has 0 bridgehead atoms. The largest absolute Gasteiger partial charge is 0.462 e. The highest BCUT2D eigenvalue weighted by atomic mass is 19.1. The molecule has 1 heterocycles. The van der Waals surface area contributed by atoms with E-state index in [1.165, 1.54) is 25.3 Å². The van der Waals surface area contributed by atoms with Crippen molar-refractivity contribution in [3.63, 3.8) is 0 Å². The Hall–Kier alpha value is -1.69. The van der Waals surface area contributed by atoms with Gasteiger partial charge in [0.05, 0.1) is 5.92 Å². The lowest BCUT2D eigenvalue weighted by Crippen LogP contribution is -2.41. The van der Waals surface area contributed by atoms with E-state index in [0.29, 0.717) is 17.7 Å². The van der Waals surface area contributed by atoms with E-state index in [9.17, 15) is 14.5 Å². The number of fused-ring (bicyclic) bond motifs is 1. The number of hydrogen-bond donors (Lipinski definition) is 0. The summed E-state index contributed by atoms with van der Waals surface area (Å²) in [6, 6.07) is 4.04. The fourth-order valence-electron chi connectivity index (χ4n) is 2.23. The summed E-state index contributed by atoms with van der Waals surface area (Å²) in [6.45, 7) is 1.45. The van der Waals surface area contributed by atoms with Crippen molar-refractivity contribution in [2.24, 2.45) is 0 Å². The minimum Gasteiger partial charge on any atom is -0.462 e. The molecule has 98 valence electrons. The fraction of sp³-hybridized carbons (Fsp3) is 0.500. The maximum atomic E-state index is 13.2. The van der Waals surface area contributed by atoms with Gasteiger partial charge in [-0.15, -0.1) is 0 Å². The zero-order chi connectivity index (χ0) is 13.3. The van der Waals surface area contributed by atoms with Gasteiger partial charge in [0, 0.05) is 30.9 Å².